The van der Waals surface area contributed by atoms with Gasteiger partial charge in [-0.3, -0.25) is 0 Å². The minimum Gasteiger partial charge on any atom is -0.488 e. The predicted molar refractivity (Wildman–Crippen MR) is 85.8 cm³/mol. The maximum atomic E-state index is 13.1. The summed E-state index contributed by atoms with van der Waals surface area (Å²) in [5.74, 6) is 0.0533. The summed E-state index contributed by atoms with van der Waals surface area (Å²) in [5, 5.41) is 0.503. The summed E-state index contributed by atoms with van der Waals surface area (Å²) < 4.78 is 19.4. The number of nitrogens with two attached hydrogens (primary N) is 1. The zero-order valence-corrected chi connectivity index (χ0v) is 13.4. The van der Waals surface area contributed by atoms with E-state index in [1.54, 1.807) is 24.3 Å². The number of hydrogen-bond donors (Lipinski definition) is 1. The lowest BCUT2D eigenvalue weighted by Crippen LogP contribution is -2.09. The number of hydrogen-bond acceptors (Lipinski definition) is 2. The molecule has 0 aliphatic heterocycles. The van der Waals surface area contributed by atoms with E-state index in [4.69, 9.17) is 34.3 Å². The average molecular weight is 375 g/mol. The molecule has 0 saturated carbocycles. The molecule has 0 fully saturated rings. The maximum absolute atomic E-state index is 13.1. The van der Waals surface area contributed by atoms with Crippen LogP contribution in [0.15, 0.2) is 40.9 Å². The molecule has 0 saturated heterocycles. The highest BCUT2D eigenvalue weighted by Gasteiger charge is 2.07. The van der Waals surface area contributed by atoms with Gasteiger partial charge in [-0.15, -0.1) is 0 Å². The standard InChI is InChI=1S/C14H10BrClFNOS/c15-11-4-3-10(17)6-13(11)19-7-9-2-1-8(14(18)20)5-12(9)16/h1-6H,7H2,(H2,18,20). The third-order valence-electron chi connectivity index (χ3n) is 2.61. The van der Waals surface area contributed by atoms with Crippen molar-refractivity contribution < 1.29 is 9.13 Å². The lowest BCUT2D eigenvalue weighted by Gasteiger charge is -2.10. The van der Waals surface area contributed by atoms with Crippen LogP contribution in [0.4, 0.5) is 4.39 Å². The first-order valence-corrected chi connectivity index (χ1v) is 7.21. The van der Waals surface area contributed by atoms with E-state index < -0.39 is 0 Å². The van der Waals surface area contributed by atoms with Gasteiger partial charge >= 0.3 is 0 Å². The van der Waals surface area contributed by atoms with Gasteiger partial charge in [-0.05, 0) is 34.1 Å². The van der Waals surface area contributed by atoms with Gasteiger partial charge in [-0.2, -0.15) is 0 Å². The van der Waals surface area contributed by atoms with Gasteiger partial charge in [-0.1, -0.05) is 36.0 Å². The predicted octanol–water partition coefficient (Wildman–Crippen LogP) is 4.45. The summed E-state index contributed by atoms with van der Waals surface area (Å²) in [6.45, 7) is 0.221. The molecule has 20 heavy (non-hydrogen) atoms. The second-order valence-corrected chi connectivity index (χ2v) is 5.74. The fraction of sp³-hybridized carbons (Fsp3) is 0.0714. The van der Waals surface area contributed by atoms with Crippen molar-refractivity contribution in [3.8, 4) is 5.75 Å². The zero-order valence-electron chi connectivity index (χ0n) is 10.2. The van der Waals surface area contributed by atoms with E-state index in [2.05, 4.69) is 15.9 Å². The Kier molecular flexibility index (Phi) is 4.96. The first-order chi connectivity index (χ1) is 9.47. The van der Waals surface area contributed by atoms with E-state index in [1.165, 1.54) is 12.1 Å². The van der Waals surface area contributed by atoms with Gasteiger partial charge in [0.2, 0.25) is 0 Å². The lowest BCUT2D eigenvalue weighted by molar-refractivity contribution is 0.302. The van der Waals surface area contributed by atoms with Crippen LogP contribution in [0.5, 0.6) is 5.75 Å². The van der Waals surface area contributed by atoms with E-state index >= 15 is 0 Å². The van der Waals surface area contributed by atoms with Crippen LogP contribution in [-0.2, 0) is 6.61 Å². The van der Waals surface area contributed by atoms with Gasteiger partial charge in [0, 0.05) is 22.2 Å². The Morgan fingerprint density at radius 2 is 2.05 bits per heavy atom. The van der Waals surface area contributed by atoms with Gasteiger partial charge in [0.05, 0.1) is 4.47 Å². The van der Waals surface area contributed by atoms with Crippen molar-refractivity contribution in [1.82, 2.24) is 0 Å². The summed E-state index contributed by atoms with van der Waals surface area (Å²) in [7, 11) is 0. The average Bonchev–Trinajstić information content (AvgIpc) is 2.40. The Morgan fingerprint density at radius 3 is 2.70 bits per heavy atom. The topological polar surface area (TPSA) is 35.2 Å². The molecular formula is C14H10BrClFNOS. The molecule has 0 aliphatic rings. The van der Waals surface area contributed by atoms with Gasteiger partial charge in [0.25, 0.3) is 0 Å². The molecule has 2 aromatic carbocycles. The lowest BCUT2D eigenvalue weighted by atomic mass is 10.1. The minimum atomic E-state index is -0.363. The van der Waals surface area contributed by atoms with Crippen LogP contribution in [0.25, 0.3) is 0 Å². The third-order valence-corrected chi connectivity index (χ3v) is 3.86. The molecule has 0 atom stereocenters. The highest BCUT2D eigenvalue weighted by Crippen LogP contribution is 2.27. The maximum Gasteiger partial charge on any atom is 0.136 e. The second kappa shape index (κ2) is 6.52. The number of halogens is 3. The zero-order chi connectivity index (χ0) is 14.7. The quantitative estimate of drug-likeness (QED) is 0.803. The first kappa shape index (κ1) is 15.2. The summed E-state index contributed by atoms with van der Waals surface area (Å²) >= 11 is 14.3. The molecule has 0 spiro atoms. The van der Waals surface area contributed by atoms with Gasteiger partial charge < -0.3 is 10.5 Å². The van der Waals surface area contributed by atoms with Crippen LogP contribution in [-0.4, -0.2) is 4.99 Å². The highest BCUT2D eigenvalue weighted by molar-refractivity contribution is 9.10. The van der Waals surface area contributed by atoms with Gasteiger partial charge in [-0.25, -0.2) is 4.39 Å². The molecular weight excluding hydrogens is 365 g/mol. The highest BCUT2D eigenvalue weighted by atomic mass is 79.9. The fourth-order valence-corrected chi connectivity index (χ4v) is 2.28. The van der Waals surface area contributed by atoms with Gasteiger partial charge in [0.1, 0.15) is 23.2 Å². The van der Waals surface area contributed by atoms with Crippen molar-refractivity contribution in [2.24, 2.45) is 5.73 Å². The Labute approximate surface area is 134 Å². The molecule has 2 nitrogen and oxygen atoms in total. The number of thiocarbonyl (C=S) groups is 1. The normalized spacial score (nSPS) is 10.3. The van der Waals surface area contributed by atoms with Crippen LogP contribution in [0.2, 0.25) is 5.02 Å². The summed E-state index contributed by atoms with van der Waals surface area (Å²) in [5.41, 5.74) is 6.99. The molecule has 2 N–H and O–H groups in total. The third kappa shape index (κ3) is 3.69. The molecule has 6 heteroatoms. The van der Waals surface area contributed by atoms with Crippen molar-refractivity contribution in [2.75, 3.05) is 0 Å². The Morgan fingerprint density at radius 1 is 1.30 bits per heavy atom. The van der Waals surface area contributed by atoms with E-state index in [-0.39, 0.29) is 17.4 Å². The van der Waals surface area contributed by atoms with Crippen molar-refractivity contribution in [3.05, 3.63) is 62.8 Å². The molecule has 0 heterocycles. The van der Waals surface area contributed by atoms with Crippen molar-refractivity contribution in [3.63, 3.8) is 0 Å². The first-order valence-electron chi connectivity index (χ1n) is 5.63. The Bertz CT molecular complexity index is 666. The van der Waals surface area contributed by atoms with Crippen LogP contribution >= 0.6 is 39.7 Å². The fourth-order valence-electron chi connectivity index (χ4n) is 1.56. The van der Waals surface area contributed by atoms with Crippen LogP contribution in [0.3, 0.4) is 0 Å². The molecule has 0 aliphatic carbocycles. The van der Waals surface area contributed by atoms with E-state index in [9.17, 15) is 4.39 Å². The monoisotopic (exact) mass is 373 g/mol. The molecule has 0 bridgehead atoms. The van der Waals surface area contributed by atoms with E-state index in [0.717, 1.165) is 5.56 Å². The Hall–Kier alpha value is -1.17. The van der Waals surface area contributed by atoms with Crippen LogP contribution in [0, 0.1) is 5.82 Å². The van der Waals surface area contributed by atoms with E-state index in [1.807, 2.05) is 0 Å². The second-order valence-electron chi connectivity index (χ2n) is 4.03. The molecule has 2 aromatic rings. The molecule has 0 aromatic heterocycles. The van der Waals surface area contributed by atoms with Crippen LogP contribution in [0.1, 0.15) is 11.1 Å². The number of rotatable bonds is 4. The smallest absolute Gasteiger partial charge is 0.136 e. The van der Waals surface area contributed by atoms with Crippen molar-refractivity contribution in [2.45, 2.75) is 6.61 Å². The molecule has 0 amide bonds. The summed E-state index contributed by atoms with van der Waals surface area (Å²) in [4.78, 5) is 0.284. The van der Waals surface area contributed by atoms with Gasteiger partial charge in [0.15, 0.2) is 0 Å². The largest absolute Gasteiger partial charge is 0.488 e. The van der Waals surface area contributed by atoms with E-state index in [0.29, 0.717) is 20.8 Å². The molecule has 104 valence electrons. The van der Waals surface area contributed by atoms with Crippen molar-refractivity contribution >= 4 is 44.7 Å². The summed E-state index contributed by atoms with van der Waals surface area (Å²) in [6, 6.07) is 9.48. The molecule has 2 rings (SSSR count). The molecule has 0 unspecified atom stereocenters. The minimum absolute atomic E-state index is 0.221. The number of benzene rings is 2. The van der Waals surface area contributed by atoms with Crippen molar-refractivity contribution in [1.29, 1.82) is 0 Å². The molecule has 0 radical (unpaired) electrons. The Balaban J connectivity index is 2.15. The summed E-state index contributed by atoms with van der Waals surface area (Å²) in [6.07, 6.45) is 0. The number of ether oxygens (including phenoxy) is 1. The SMILES string of the molecule is NC(=S)c1ccc(COc2cc(F)ccc2Br)c(Cl)c1. The van der Waals surface area contributed by atoms with Crippen LogP contribution < -0.4 is 10.5 Å².